The van der Waals surface area contributed by atoms with Crippen LogP contribution in [0.3, 0.4) is 0 Å². The first-order valence-electron chi connectivity index (χ1n) is 4.96. The zero-order valence-electron chi connectivity index (χ0n) is 8.80. The van der Waals surface area contributed by atoms with Crippen LogP contribution in [-0.4, -0.2) is 26.2 Å². The summed E-state index contributed by atoms with van der Waals surface area (Å²) in [6.07, 6.45) is 1.08. The number of carbonyl (C=O) groups is 1. The van der Waals surface area contributed by atoms with Gasteiger partial charge in [0.05, 0.1) is 18.4 Å². The van der Waals surface area contributed by atoms with Gasteiger partial charge in [-0.05, 0) is 34.5 Å². The van der Waals surface area contributed by atoms with E-state index in [1.54, 1.807) is 6.07 Å². The second kappa shape index (κ2) is 4.41. The molecule has 0 spiro atoms. The van der Waals surface area contributed by atoms with Crippen LogP contribution in [-0.2, 0) is 4.74 Å². The van der Waals surface area contributed by atoms with Crippen LogP contribution in [0, 0.1) is 5.82 Å². The van der Waals surface area contributed by atoms with Crippen LogP contribution < -0.4 is 4.90 Å². The van der Waals surface area contributed by atoms with Gasteiger partial charge in [-0.2, -0.15) is 0 Å². The smallest absolute Gasteiger partial charge is 0.339 e. The molecule has 1 heterocycles. The maximum atomic E-state index is 13.7. The molecule has 1 aromatic rings. The second-order valence-electron chi connectivity index (χ2n) is 3.62. The summed E-state index contributed by atoms with van der Waals surface area (Å²) in [6.45, 7) is 1.72. The van der Waals surface area contributed by atoms with Gasteiger partial charge in [0.25, 0.3) is 0 Å². The Morgan fingerprint density at radius 2 is 2.19 bits per heavy atom. The van der Waals surface area contributed by atoms with Crippen LogP contribution in [0.15, 0.2) is 16.6 Å². The predicted octanol–water partition coefficient (Wildman–Crippen LogP) is 2.58. The summed E-state index contributed by atoms with van der Waals surface area (Å²) in [4.78, 5) is 13.3. The van der Waals surface area contributed by atoms with E-state index in [-0.39, 0.29) is 11.4 Å². The molecule has 5 heteroatoms. The molecule has 0 amide bonds. The van der Waals surface area contributed by atoms with E-state index in [9.17, 15) is 9.18 Å². The molecule has 3 nitrogen and oxygen atoms in total. The monoisotopic (exact) mass is 287 g/mol. The lowest BCUT2D eigenvalue weighted by atomic mass is 10.1. The van der Waals surface area contributed by atoms with Crippen LogP contribution in [0.1, 0.15) is 16.8 Å². The summed E-state index contributed by atoms with van der Waals surface area (Å²) in [7, 11) is 1.27. The lowest BCUT2D eigenvalue weighted by Crippen LogP contribution is -2.37. The van der Waals surface area contributed by atoms with Gasteiger partial charge < -0.3 is 9.64 Å². The SMILES string of the molecule is COC(=O)c1cc(F)c(N2CCC2)cc1Br. The Bertz CT molecular complexity index is 432. The van der Waals surface area contributed by atoms with E-state index in [2.05, 4.69) is 20.7 Å². The first-order chi connectivity index (χ1) is 7.63. The van der Waals surface area contributed by atoms with Crippen molar-refractivity contribution in [2.24, 2.45) is 0 Å². The molecule has 1 aromatic carbocycles. The molecule has 0 aromatic heterocycles. The molecule has 1 aliphatic heterocycles. The molecule has 1 saturated heterocycles. The van der Waals surface area contributed by atoms with E-state index in [1.807, 2.05) is 4.90 Å². The van der Waals surface area contributed by atoms with Crippen molar-refractivity contribution in [2.75, 3.05) is 25.1 Å². The normalized spacial score (nSPS) is 14.6. The van der Waals surface area contributed by atoms with E-state index in [0.29, 0.717) is 10.2 Å². The molecule has 1 aliphatic rings. The summed E-state index contributed by atoms with van der Waals surface area (Å²) in [5, 5.41) is 0. The van der Waals surface area contributed by atoms with Crippen molar-refractivity contribution in [1.82, 2.24) is 0 Å². The first kappa shape index (κ1) is 11.4. The van der Waals surface area contributed by atoms with Gasteiger partial charge in [0.15, 0.2) is 0 Å². The van der Waals surface area contributed by atoms with Crippen LogP contribution in [0.25, 0.3) is 0 Å². The third kappa shape index (κ3) is 1.91. The number of anilines is 1. The van der Waals surface area contributed by atoms with Gasteiger partial charge in [0, 0.05) is 17.6 Å². The summed E-state index contributed by atoms with van der Waals surface area (Å²) < 4.78 is 18.8. The van der Waals surface area contributed by atoms with E-state index in [1.165, 1.54) is 13.2 Å². The minimum Gasteiger partial charge on any atom is -0.465 e. The minimum absolute atomic E-state index is 0.212. The highest BCUT2D eigenvalue weighted by atomic mass is 79.9. The van der Waals surface area contributed by atoms with E-state index in [4.69, 9.17) is 0 Å². The summed E-state index contributed by atoms with van der Waals surface area (Å²) in [6, 6.07) is 2.84. The van der Waals surface area contributed by atoms with Gasteiger partial charge in [0.2, 0.25) is 0 Å². The number of carbonyl (C=O) groups excluding carboxylic acids is 1. The number of methoxy groups -OCH3 is 1. The van der Waals surface area contributed by atoms with Crippen molar-refractivity contribution in [3.8, 4) is 0 Å². The fourth-order valence-corrected chi connectivity index (χ4v) is 2.10. The number of nitrogens with zero attached hydrogens (tertiary/aromatic N) is 1. The molecule has 0 radical (unpaired) electrons. The minimum atomic E-state index is -0.541. The van der Waals surface area contributed by atoms with Gasteiger partial charge in [-0.25, -0.2) is 9.18 Å². The molecule has 0 unspecified atom stereocenters. The summed E-state index contributed by atoms with van der Waals surface area (Å²) in [5.41, 5.74) is 0.745. The lowest BCUT2D eigenvalue weighted by Gasteiger charge is -2.33. The van der Waals surface area contributed by atoms with Crippen molar-refractivity contribution >= 4 is 27.6 Å². The van der Waals surface area contributed by atoms with E-state index >= 15 is 0 Å². The maximum absolute atomic E-state index is 13.7. The van der Waals surface area contributed by atoms with E-state index in [0.717, 1.165) is 19.5 Å². The maximum Gasteiger partial charge on any atom is 0.339 e. The number of hydrogen-bond acceptors (Lipinski definition) is 3. The molecule has 16 heavy (non-hydrogen) atoms. The van der Waals surface area contributed by atoms with Crippen molar-refractivity contribution in [2.45, 2.75) is 6.42 Å². The highest BCUT2D eigenvalue weighted by Gasteiger charge is 2.21. The average Bonchev–Trinajstić information content (AvgIpc) is 2.19. The zero-order chi connectivity index (χ0) is 11.7. The number of ether oxygens (including phenoxy) is 1. The lowest BCUT2D eigenvalue weighted by molar-refractivity contribution is 0.0599. The number of rotatable bonds is 2. The van der Waals surface area contributed by atoms with Gasteiger partial charge in [-0.15, -0.1) is 0 Å². The molecule has 0 N–H and O–H groups in total. The Morgan fingerprint density at radius 1 is 1.50 bits per heavy atom. The highest BCUT2D eigenvalue weighted by molar-refractivity contribution is 9.10. The van der Waals surface area contributed by atoms with Gasteiger partial charge in [0.1, 0.15) is 5.82 Å². The second-order valence-corrected chi connectivity index (χ2v) is 4.47. The Morgan fingerprint density at radius 3 is 2.69 bits per heavy atom. The fourth-order valence-electron chi connectivity index (χ4n) is 1.60. The van der Waals surface area contributed by atoms with Gasteiger partial charge in [-0.1, -0.05) is 0 Å². The molecule has 0 atom stereocenters. The van der Waals surface area contributed by atoms with Crippen molar-refractivity contribution in [3.05, 3.63) is 28.0 Å². The van der Waals surface area contributed by atoms with Crippen LogP contribution in [0.2, 0.25) is 0 Å². The molecule has 1 fully saturated rings. The Labute approximate surface area is 101 Å². The highest BCUT2D eigenvalue weighted by Crippen LogP contribution is 2.30. The van der Waals surface area contributed by atoms with Crippen LogP contribution >= 0.6 is 15.9 Å². The summed E-state index contributed by atoms with van der Waals surface area (Å²) in [5.74, 6) is -0.927. The fraction of sp³-hybridized carbons (Fsp3) is 0.364. The molecule has 2 rings (SSSR count). The van der Waals surface area contributed by atoms with Crippen LogP contribution in [0.5, 0.6) is 0 Å². The molecule has 0 saturated carbocycles. The Hall–Kier alpha value is -1.10. The van der Waals surface area contributed by atoms with Gasteiger partial charge >= 0.3 is 5.97 Å². The first-order valence-corrected chi connectivity index (χ1v) is 5.75. The Kier molecular flexibility index (Phi) is 3.14. The zero-order valence-corrected chi connectivity index (χ0v) is 10.4. The summed E-state index contributed by atoms with van der Waals surface area (Å²) >= 11 is 3.25. The largest absolute Gasteiger partial charge is 0.465 e. The van der Waals surface area contributed by atoms with Crippen LogP contribution in [0.4, 0.5) is 10.1 Å². The average molecular weight is 288 g/mol. The topological polar surface area (TPSA) is 29.5 Å². The van der Waals surface area contributed by atoms with Crippen molar-refractivity contribution < 1.29 is 13.9 Å². The molecule has 0 aliphatic carbocycles. The third-order valence-electron chi connectivity index (χ3n) is 2.64. The molecular weight excluding hydrogens is 277 g/mol. The van der Waals surface area contributed by atoms with E-state index < -0.39 is 5.97 Å². The number of benzene rings is 1. The van der Waals surface area contributed by atoms with Crippen molar-refractivity contribution in [3.63, 3.8) is 0 Å². The number of esters is 1. The number of halogens is 2. The van der Waals surface area contributed by atoms with Gasteiger partial charge in [-0.3, -0.25) is 0 Å². The number of hydrogen-bond donors (Lipinski definition) is 0. The molecule has 0 bridgehead atoms. The Balaban J connectivity index is 2.38. The quantitative estimate of drug-likeness (QED) is 0.783. The third-order valence-corrected chi connectivity index (χ3v) is 3.29. The predicted molar refractivity (Wildman–Crippen MR) is 62.3 cm³/mol. The molecule has 86 valence electrons. The standard InChI is InChI=1S/C11H11BrFNO2/c1-16-11(15)7-5-9(13)10(6-8(7)12)14-3-2-4-14/h5-6H,2-4H2,1H3. The molecular formula is C11H11BrFNO2. The van der Waals surface area contributed by atoms with Crippen molar-refractivity contribution in [1.29, 1.82) is 0 Å².